The normalized spacial score (nSPS) is 18.8. The second kappa shape index (κ2) is 14.2. The maximum atomic E-state index is 14.0. The van der Waals surface area contributed by atoms with Crippen LogP contribution < -0.4 is 0 Å². The average molecular weight is 560 g/mol. The monoisotopic (exact) mass is 559 g/mol. The first-order valence-electron chi connectivity index (χ1n) is 13.9. The Hall–Kier alpha value is -2.48. The van der Waals surface area contributed by atoms with E-state index in [1.807, 2.05) is 24.3 Å². The molecule has 0 saturated carbocycles. The van der Waals surface area contributed by atoms with Crippen LogP contribution in [0, 0.1) is 11.7 Å². The Bertz CT molecular complexity index is 1180. The predicted molar refractivity (Wildman–Crippen MR) is 156 cm³/mol. The summed E-state index contributed by atoms with van der Waals surface area (Å²) in [5.41, 5.74) is 3.62. The number of imidazole rings is 1. The molecule has 2 aromatic carbocycles. The number of esters is 1. The maximum Gasteiger partial charge on any atom is 0.332 e. The number of benzene rings is 2. The van der Waals surface area contributed by atoms with Gasteiger partial charge >= 0.3 is 5.97 Å². The second-order valence-electron chi connectivity index (χ2n) is 11.1. The van der Waals surface area contributed by atoms with Crippen LogP contribution in [-0.4, -0.2) is 60.3 Å². The fraction of sp³-hybridized carbons (Fsp3) is 0.548. The minimum Gasteiger partial charge on any atom is -0.457 e. The summed E-state index contributed by atoms with van der Waals surface area (Å²) in [6.07, 6.45) is 6.39. The molecular weight excluding hydrogens is 517 g/mol. The fourth-order valence-electron chi connectivity index (χ4n) is 6.13. The van der Waals surface area contributed by atoms with Crippen molar-refractivity contribution in [2.75, 3.05) is 33.9 Å². The number of fused-ring (bicyclic) bond motifs is 2. The van der Waals surface area contributed by atoms with Crippen molar-refractivity contribution in [2.45, 2.75) is 70.3 Å². The van der Waals surface area contributed by atoms with Gasteiger partial charge in [-0.25, -0.2) is 14.2 Å². The molecule has 0 fully saturated rings. The number of rotatable bonds is 13. The van der Waals surface area contributed by atoms with Crippen molar-refractivity contribution in [3.8, 4) is 0 Å². The maximum absolute atomic E-state index is 14.0. The molecule has 3 aromatic rings. The van der Waals surface area contributed by atoms with Gasteiger partial charge in [-0.15, -0.1) is 12.4 Å². The summed E-state index contributed by atoms with van der Waals surface area (Å²) in [5.74, 6) is 0.743. The molecule has 0 amide bonds. The number of aryl methyl sites for hydroxylation is 2. The van der Waals surface area contributed by atoms with Gasteiger partial charge in [0.25, 0.3) is 0 Å². The van der Waals surface area contributed by atoms with Gasteiger partial charge in [0.15, 0.2) is 0 Å². The van der Waals surface area contributed by atoms with Gasteiger partial charge in [-0.2, -0.15) is 0 Å². The van der Waals surface area contributed by atoms with Crippen molar-refractivity contribution < 1.29 is 18.7 Å². The molecule has 1 heterocycles. The number of halogens is 2. The molecule has 1 N–H and O–H groups in total. The number of nitrogens with zero attached hydrogens (tertiary/aromatic N) is 2. The van der Waals surface area contributed by atoms with E-state index in [2.05, 4.69) is 41.8 Å². The predicted octanol–water partition coefficient (Wildman–Crippen LogP) is 6.47. The Morgan fingerprint density at radius 2 is 1.97 bits per heavy atom. The van der Waals surface area contributed by atoms with Crippen LogP contribution in [0.25, 0.3) is 11.0 Å². The molecule has 6 nitrogen and oxygen atoms in total. The molecule has 8 heteroatoms. The number of aromatic nitrogens is 2. The van der Waals surface area contributed by atoms with E-state index in [-0.39, 0.29) is 42.6 Å². The van der Waals surface area contributed by atoms with Gasteiger partial charge in [-0.3, -0.25) is 0 Å². The van der Waals surface area contributed by atoms with Gasteiger partial charge < -0.3 is 19.4 Å². The summed E-state index contributed by atoms with van der Waals surface area (Å²) < 4.78 is 25.3. The highest BCUT2D eigenvalue weighted by atomic mass is 35.5. The van der Waals surface area contributed by atoms with E-state index in [9.17, 15) is 9.18 Å². The second-order valence-corrected chi connectivity index (χ2v) is 11.1. The highest BCUT2D eigenvalue weighted by Crippen LogP contribution is 2.48. The quantitative estimate of drug-likeness (QED) is 0.192. The van der Waals surface area contributed by atoms with Crippen LogP contribution in [0.5, 0.6) is 0 Å². The molecule has 1 aliphatic rings. The highest BCUT2D eigenvalue weighted by Gasteiger charge is 2.47. The lowest BCUT2D eigenvalue weighted by molar-refractivity contribution is -0.172. The van der Waals surface area contributed by atoms with E-state index in [0.717, 1.165) is 73.2 Å². The summed E-state index contributed by atoms with van der Waals surface area (Å²) in [5, 5.41) is 0. The van der Waals surface area contributed by atoms with Crippen LogP contribution in [0.4, 0.5) is 4.39 Å². The van der Waals surface area contributed by atoms with E-state index in [0.29, 0.717) is 12.8 Å². The molecule has 4 rings (SSSR count). The standard InChI is InChI=1S/C31H42FN3O3.ClH/c1-22(2)30-25-14-13-24(32)20-23(25)15-16-31(30,38-29(36)21-37-4)17-19-35(3)18-9-5-6-12-28-33-26-10-7-8-11-27(26)34-28;/h7-8,10-11,13-14,20,22,30H,5-6,9,12,15-19,21H2,1-4H3,(H,33,34);1H/t30-,31-;/m0./s1. The fourth-order valence-corrected chi connectivity index (χ4v) is 6.13. The van der Waals surface area contributed by atoms with E-state index in [4.69, 9.17) is 9.47 Å². The van der Waals surface area contributed by atoms with Gasteiger partial charge in [-0.1, -0.05) is 38.5 Å². The molecule has 39 heavy (non-hydrogen) atoms. The van der Waals surface area contributed by atoms with Crippen LogP contribution in [-0.2, 0) is 27.1 Å². The first-order chi connectivity index (χ1) is 18.3. The Morgan fingerprint density at radius 1 is 1.18 bits per heavy atom. The molecule has 2 atom stereocenters. The van der Waals surface area contributed by atoms with Crippen molar-refractivity contribution in [1.82, 2.24) is 14.9 Å². The first-order valence-corrected chi connectivity index (χ1v) is 13.9. The number of nitrogens with one attached hydrogen (secondary N) is 1. The summed E-state index contributed by atoms with van der Waals surface area (Å²) in [6.45, 7) is 6.06. The SMILES string of the molecule is COCC(=O)O[C@]1(CCN(C)CCCCCc2nc3ccccc3[nH]2)CCc2cc(F)ccc2[C@@H]1C(C)C.Cl. The number of hydrogen-bond donors (Lipinski definition) is 1. The summed E-state index contributed by atoms with van der Waals surface area (Å²) in [7, 11) is 3.65. The number of carbonyl (C=O) groups excluding carboxylic acids is 1. The smallest absolute Gasteiger partial charge is 0.332 e. The lowest BCUT2D eigenvalue weighted by Gasteiger charge is -2.47. The van der Waals surface area contributed by atoms with Crippen molar-refractivity contribution >= 4 is 29.4 Å². The molecule has 0 radical (unpaired) electrons. The van der Waals surface area contributed by atoms with Gasteiger partial charge in [0, 0.05) is 32.4 Å². The number of unbranched alkanes of at least 4 members (excludes halogenated alkanes) is 2. The highest BCUT2D eigenvalue weighted by molar-refractivity contribution is 5.85. The number of hydrogen-bond acceptors (Lipinski definition) is 5. The molecule has 0 aliphatic heterocycles. The van der Waals surface area contributed by atoms with Crippen LogP contribution in [0.1, 0.15) is 68.8 Å². The van der Waals surface area contributed by atoms with Gasteiger partial charge in [0.1, 0.15) is 23.8 Å². The molecule has 0 unspecified atom stereocenters. The third kappa shape index (κ3) is 7.80. The Kier molecular flexibility index (Phi) is 11.3. The van der Waals surface area contributed by atoms with Crippen molar-refractivity contribution in [3.05, 3.63) is 65.2 Å². The summed E-state index contributed by atoms with van der Waals surface area (Å²) in [4.78, 5) is 23.1. The van der Waals surface area contributed by atoms with E-state index >= 15 is 0 Å². The minimum absolute atomic E-state index is 0. The number of para-hydroxylation sites is 2. The van der Waals surface area contributed by atoms with Crippen molar-refractivity contribution in [3.63, 3.8) is 0 Å². The van der Waals surface area contributed by atoms with Gasteiger partial charge in [0.2, 0.25) is 0 Å². The minimum atomic E-state index is -0.635. The lowest BCUT2D eigenvalue weighted by atomic mass is 9.65. The lowest BCUT2D eigenvalue weighted by Crippen LogP contribution is -2.49. The zero-order chi connectivity index (χ0) is 27.1. The zero-order valence-corrected chi connectivity index (χ0v) is 24.5. The number of H-pyrrole nitrogens is 1. The number of aromatic amines is 1. The summed E-state index contributed by atoms with van der Waals surface area (Å²) in [6, 6.07) is 13.2. The molecule has 1 aliphatic carbocycles. The molecule has 1 aromatic heterocycles. The van der Waals surface area contributed by atoms with Gasteiger partial charge in [0.05, 0.1) is 11.0 Å². The van der Waals surface area contributed by atoms with Gasteiger partial charge in [-0.05, 0) is 80.6 Å². The first kappa shape index (κ1) is 31.1. The largest absolute Gasteiger partial charge is 0.457 e. The summed E-state index contributed by atoms with van der Waals surface area (Å²) >= 11 is 0. The van der Waals surface area contributed by atoms with Crippen LogP contribution in [0.3, 0.4) is 0 Å². The van der Waals surface area contributed by atoms with Crippen molar-refractivity contribution in [2.24, 2.45) is 5.92 Å². The third-order valence-electron chi connectivity index (χ3n) is 7.88. The van der Waals surface area contributed by atoms with Crippen LogP contribution in [0.15, 0.2) is 42.5 Å². The number of carbonyl (C=O) groups is 1. The number of ether oxygens (including phenoxy) is 2. The van der Waals surface area contributed by atoms with Crippen LogP contribution >= 0.6 is 12.4 Å². The van der Waals surface area contributed by atoms with E-state index in [1.54, 1.807) is 6.07 Å². The van der Waals surface area contributed by atoms with E-state index < -0.39 is 5.60 Å². The Balaban J connectivity index is 0.00000420. The average Bonchev–Trinajstić information content (AvgIpc) is 3.30. The molecule has 0 spiro atoms. The topological polar surface area (TPSA) is 67.5 Å². The van der Waals surface area contributed by atoms with Crippen LogP contribution in [0.2, 0.25) is 0 Å². The van der Waals surface area contributed by atoms with E-state index in [1.165, 1.54) is 13.2 Å². The molecule has 0 bridgehead atoms. The molecule has 214 valence electrons. The Morgan fingerprint density at radius 3 is 2.72 bits per heavy atom. The molecular formula is C31H43ClFN3O3. The van der Waals surface area contributed by atoms with Crippen molar-refractivity contribution in [1.29, 1.82) is 0 Å². The molecule has 0 saturated heterocycles. The zero-order valence-electron chi connectivity index (χ0n) is 23.7. The number of methoxy groups -OCH3 is 1. The third-order valence-corrected chi connectivity index (χ3v) is 7.88. The Labute approximate surface area is 238 Å².